The molecule has 26 heavy (non-hydrogen) atoms. The lowest BCUT2D eigenvalue weighted by Gasteiger charge is -2.13. The molecule has 2 aromatic carbocycles. The Balaban J connectivity index is 2.03. The van der Waals surface area contributed by atoms with Crippen LogP contribution < -0.4 is 20.1 Å². The van der Waals surface area contributed by atoms with Gasteiger partial charge in [0.2, 0.25) is 5.91 Å². The van der Waals surface area contributed by atoms with Gasteiger partial charge in [-0.2, -0.15) is 13.2 Å². The lowest BCUT2D eigenvalue weighted by Crippen LogP contribution is -2.22. The first-order valence-electron chi connectivity index (χ1n) is 7.37. The largest absolute Gasteiger partial charge is 0.493 e. The summed E-state index contributed by atoms with van der Waals surface area (Å²) in [5.74, 6) is 0.462. The fraction of sp³-hybridized carbons (Fsp3) is 0.235. The second kappa shape index (κ2) is 8.18. The number of hydrogen-bond acceptors (Lipinski definition) is 4. The molecule has 2 aromatic rings. The van der Waals surface area contributed by atoms with Gasteiger partial charge in [-0.1, -0.05) is 11.6 Å². The van der Waals surface area contributed by atoms with Gasteiger partial charge < -0.3 is 20.1 Å². The topological polar surface area (TPSA) is 59.6 Å². The van der Waals surface area contributed by atoms with Crippen LogP contribution in [0.4, 0.5) is 24.5 Å². The minimum atomic E-state index is -4.50. The maximum absolute atomic E-state index is 12.7. The fourth-order valence-electron chi connectivity index (χ4n) is 2.13. The summed E-state index contributed by atoms with van der Waals surface area (Å²) in [5, 5.41) is 5.28. The van der Waals surface area contributed by atoms with E-state index < -0.39 is 17.6 Å². The maximum Gasteiger partial charge on any atom is 0.416 e. The SMILES string of the molecule is COc1ccc(NC(=O)CNc2cc(C(F)(F)F)ccc2Cl)cc1OC. The van der Waals surface area contributed by atoms with Crippen LogP contribution in [0.3, 0.4) is 0 Å². The summed E-state index contributed by atoms with van der Waals surface area (Å²) in [6, 6.07) is 7.64. The van der Waals surface area contributed by atoms with E-state index in [9.17, 15) is 18.0 Å². The third-order valence-electron chi connectivity index (χ3n) is 3.40. The molecule has 5 nitrogen and oxygen atoms in total. The third-order valence-corrected chi connectivity index (χ3v) is 3.73. The quantitative estimate of drug-likeness (QED) is 0.768. The minimum Gasteiger partial charge on any atom is -0.493 e. The van der Waals surface area contributed by atoms with Crippen LogP contribution in [-0.4, -0.2) is 26.7 Å². The smallest absolute Gasteiger partial charge is 0.416 e. The summed E-state index contributed by atoms with van der Waals surface area (Å²) in [7, 11) is 2.94. The molecule has 0 aliphatic carbocycles. The first kappa shape index (κ1) is 19.7. The Labute approximate surface area is 153 Å². The van der Waals surface area contributed by atoms with Crippen molar-refractivity contribution in [2.45, 2.75) is 6.18 Å². The molecule has 9 heteroatoms. The molecule has 0 aliphatic rings. The van der Waals surface area contributed by atoms with E-state index >= 15 is 0 Å². The van der Waals surface area contributed by atoms with Gasteiger partial charge in [0.25, 0.3) is 0 Å². The van der Waals surface area contributed by atoms with Crippen molar-refractivity contribution in [2.75, 3.05) is 31.4 Å². The number of hydrogen-bond donors (Lipinski definition) is 2. The number of anilines is 2. The summed E-state index contributed by atoms with van der Waals surface area (Å²) in [6.07, 6.45) is -4.50. The molecule has 0 saturated heterocycles. The normalized spacial score (nSPS) is 11.0. The van der Waals surface area contributed by atoms with Gasteiger partial charge in [-0.3, -0.25) is 4.79 Å². The van der Waals surface area contributed by atoms with Gasteiger partial charge in [0.15, 0.2) is 11.5 Å². The molecule has 0 atom stereocenters. The Hall–Kier alpha value is -2.61. The van der Waals surface area contributed by atoms with Crippen molar-refractivity contribution >= 4 is 28.9 Å². The van der Waals surface area contributed by atoms with Gasteiger partial charge in [-0.25, -0.2) is 0 Å². The number of benzene rings is 2. The van der Waals surface area contributed by atoms with E-state index in [2.05, 4.69) is 10.6 Å². The van der Waals surface area contributed by atoms with Gasteiger partial charge in [-0.05, 0) is 30.3 Å². The van der Waals surface area contributed by atoms with E-state index in [0.717, 1.165) is 18.2 Å². The fourth-order valence-corrected chi connectivity index (χ4v) is 2.32. The predicted molar refractivity (Wildman–Crippen MR) is 93.1 cm³/mol. The van der Waals surface area contributed by atoms with Crippen molar-refractivity contribution < 1.29 is 27.4 Å². The van der Waals surface area contributed by atoms with Crippen LogP contribution in [0.25, 0.3) is 0 Å². The summed E-state index contributed by atoms with van der Waals surface area (Å²) in [6.45, 7) is -0.268. The van der Waals surface area contributed by atoms with Crippen molar-refractivity contribution in [1.29, 1.82) is 0 Å². The lowest BCUT2D eigenvalue weighted by atomic mass is 10.2. The van der Waals surface area contributed by atoms with Crippen molar-refractivity contribution in [2.24, 2.45) is 0 Å². The molecular formula is C17H16ClF3N2O3. The van der Waals surface area contributed by atoms with Gasteiger partial charge in [-0.15, -0.1) is 0 Å². The van der Waals surface area contributed by atoms with E-state index in [1.165, 1.54) is 14.2 Å². The molecule has 1 amide bonds. The highest BCUT2D eigenvalue weighted by molar-refractivity contribution is 6.33. The first-order chi connectivity index (χ1) is 12.2. The van der Waals surface area contributed by atoms with Crippen LogP contribution in [-0.2, 0) is 11.0 Å². The monoisotopic (exact) mass is 388 g/mol. The zero-order valence-corrected chi connectivity index (χ0v) is 14.7. The average molecular weight is 389 g/mol. The number of nitrogens with one attached hydrogen (secondary N) is 2. The second-order valence-corrected chi connectivity index (χ2v) is 5.57. The standard InChI is InChI=1S/C17H16ClF3N2O3/c1-25-14-6-4-11(8-15(14)26-2)23-16(24)9-22-13-7-10(17(19,20)21)3-5-12(13)18/h3-8,22H,9H2,1-2H3,(H,23,24). The number of ether oxygens (including phenoxy) is 2. The Morgan fingerprint density at radius 2 is 1.77 bits per heavy atom. The van der Waals surface area contributed by atoms with E-state index in [1.807, 2.05) is 0 Å². The van der Waals surface area contributed by atoms with Crippen molar-refractivity contribution in [3.63, 3.8) is 0 Å². The number of carbonyl (C=O) groups is 1. The summed E-state index contributed by atoms with van der Waals surface area (Å²) >= 11 is 5.87. The predicted octanol–water partition coefficient (Wildman–Crippen LogP) is 4.43. The van der Waals surface area contributed by atoms with Gasteiger partial charge in [0.05, 0.1) is 37.0 Å². The molecule has 0 spiro atoms. The Morgan fingerprint density at radius 3 is 2.38 bits per heavy atom. The lowest BCUT2D eigenvalue weighted by molar-refractivity contribution is -0.137. The van der Waals surface area contributed by atoms with Crippen LogP contribution in [0.5, 0.6) is 11.5 Å². The van der Waals surface area contributed by atoms with Crippen LogP contribution in [0.1, 0.15) is 5.56 Å². The van der Waals surface area contributed by atoms with Gasteiger partial charge in [0.1, 0.15) is 0 Å². The highest BCUT2D eigenvalue weighted by Gasteiger charge is 2.31. The van der Waals surface area contributed by atoms with E-state index in [0.29, 0.717) is 17.2 Å². The number of amides is 1. The van der Waals surface area contributed by atoms with E-state index in [4.69, 9.17) is 21.1 Å². The molecule has 0 heterocycles. The van der Waals surface area contributed by atoms with Crippen molar-refractivity contribution in [3.8, 4) is 11.5 Å². The van der Waals surface area contributed by atoms with Crippen LogP contribution in [0.15, 0.2) is 36.4 Å². The second-order valence-electron chi connectivity index (χ2n) is 5.16. The summed E-state index contributed by atoms with van der Waals surface area (Å²) < 4.78 is 48.5. The third kappa shape index (κ3) is 4.95. The van der Waals surface area contributed by atoms with Crippen LogP contribution in [0, 0.1) is 0 Å². The molecule has 0 aliphatic heterocycles. The molecule has 0 aromatic heterocycles. The highest BCUT2D eigenvalue weighted by Crippen LogP contribution is 2.34. The minimum absolute atomic E-state index is 0.0175. The molecule has 0 bridgehead atoms. The number of carbonyl (C=O) groups excluding carboxylic acids is 1. The Bertz CT molecular complexity index is 797. The number of halogens is 4. The molecule has 0 radical (unpaired) electrons. The van der Waals surface area contributed by atoms with E-state index in [1.54, 1.807) is 18.2 Å². The van der Waals surface area contributed by atoms with Crippen molar-refractivity contribution in [1.82, 2.24) is 0 Å². The summed E-state index contributed by atoms with van der Waals surface area (Å²) in [4.78, 5) is 12.0. The molecule has 140 valence electrons. The molecule has 2 rings (SSSR count). The zero-order valence-electron chi connectivity index (χ0n) is 13.9. The average Bonchev–Trinajstić information content (AvgIpc) is 2.59. The number of alkyl halides is 3. The molecular weight excluding hydrogens is 373 g/mol. The number of rotatable bonds is 6. The molecule has 0 unspecified atom stereocenters. The van der Waals surface area contributed by atoms with Crippen molar-refractivity contribution in [3.05, 3.63) is 47.0 Å². The van der Waals surface area contributed by atoms with Gasteiger partial charge >= 0.3 is 6.18 Å². The highest BCUT2D eigenvalue weighted by atomic mass is 35.5. The van der Waals surface area contributed by atoms with Gasteiger partial charge in [0, 0.05) is 11.8 Å². The summed E-state index contributed by atoms with van der Waals surface area (Å²) in [5.41, 5.74) is -0.391. The van der Waals surface area contributed by atoms with Crippen LogP contribution >= 0.6 is 11.6 Å². The number of methoxy groups -OCH3 is 2. The molecule has 0 fully saturated rings. The Morgan fingerprint density at radius 1 is 1.08 bits per heavy atom. The first-order valence-corrected chi connectivity index (χ1v) is 7.75. The molecule has 2 N–H and O–H groups in total. The Kier molecular flexibility index (Phi) is 6.20. The van der Waals surface area contributed by atoms with Crippen LogP contribution in [0.2, 0.25) is 5.02 Å². The van der Waals surface area contributed by atoms with E-state index in [-0.39, 0.29) is 17.3 Å². The maximum atomic E-state index is 12.7. The molecule has 0 saturated carbocycles. The zero-order chi connectivity index (χ0) is 19.3.